The van der Waals surface area contributed by atoms with Gasteiger partial charge in [-0.05, 0) is 0 Å². The van der Waals surface area contributed by atoms with E-state index in [-0.39, 0.29) is 37.2 Å². The number of Topliss-reactive ketones (excluding diaryl/α,β-unsaturated/α-hetero) is 2. The molecule has 0 saturated carbocycles. The number of rotatable bonds is 8. The molecule has 0 bridgehead atoms. The topological polar surface area (TPSA) is 81.7 Å². The van der Waals surface area contributed by atoms with Crippen LogP contribution in [0.15, 0.2) is 44.4 Å². The van der Waals surface area contributed by atoms with Gasteiger partial charge in [-0.15, -0.1) is 0 Å². The van der Waals surface area contributed by atoms with Gasteiger partial charge in [-0.2, -0.15) is 0 Å². The average Bonchev–Trinajstić information content (AvgIpc) is 3.20. The maximum absolute atomic E-state index is 12.2. The van der Waals surface area contributed by atoms with Gasteiger partial charge >= 0.3 is 142 Å². The van der Waals surface area contributed by atoms with E-state index in [0.717, 1.165) is 21.8 Å². The third kappa shape index (κ3) is 4.39. The van der Waals surface area contributed by atoms with Gasteiger partial charge in [0.15, 0.2) is 0 Å². The molecular weight excluding hydrogens is 332 g/mol. The SMILES string of the molecule is N#CCCC(=O)C1=[C]([Fe][C]2=C(C(=O)CCC#N)C=CC2)CC=C1. The first-order valence-electron chi connectivity index (χ1n) is 7.39. The molecule has 0 saturated heterocycles. The number of ketones is 2. The number of carbonyl (C=O) groups excluding carboxylic acids is 2. The van der Waals surface area contributed by atoms with E-state index >= 15 is 0 Å². The number of allylic oxidation sites excluding steroid dienone is 8. The summed E-state index contributed by atoms with van der Waals surface area (Å²) in [6, 6.07) is 3.99. The van der Waals surface area contributed by atoms with Gasteiger partial charge in [0.1, 0.15) is 0 Å². The van der Waals surface area contributed by atoms with Gasteiger partial charge in [0, 0.05) is 0 Å². The van der Waals surface area contributed by atoms with Crippen molar-refractivity contribution in [3.05, 3.63) is 44.4 Å². The Morgan fingerprint density at radius 1 is 0.913 bits per heavy atom. The number of nitrogens with zero attached hydrogens (tertiary/aromatic N) is 2. The first-order valence-corrected chi connectivity index (χ1v) is 8.50. The summed E-state index contributed by atoms with van der Waals surface area (Å²) in [5.74, 6) is -0.00146. The summed E-state index contributed by atoms with van der Waals surface area (Å²) in [6.45, 7) is 0. The molecule has 2 aliphatic carbocycles. The fourth-order valence-electron chi connectivity index (χ4n) is 2.34. The number of nitriles is 2. The molecule has 0 amide bonds. The van der Waals surface area contributed by atoms with Gasteiger partial charge in [-0.3, -0.25) is 0 Å². The van der Waals surface area contributed by atoms with Gasteiger partial charge in [-0.25, -0.2) is 0 Å². The van der Waals surface area contributed by atoms with E-state index in [4.69, 9.17) is 10.5 Å². The molecule has 0 radical (unpaired) electrons. The first kappa shape index (κ1) is 17.2. The Bertz CT molecular complexity index is 665. The predicted octanol–water partition coefficient (Wildman–Crippen LogP) is 3.24. The Morgan fingerprint density at radius 3 is 1.74 bits per heavy atom. The number of carbonyl (C=O) groups is 2. The second-order valence-electron chi connectivity index (χ2n) is 5.07. The van der Waals surface area contributed by atoms with E-state index in [9.17, 15) is 9.59 Å². The van der Waals surface area contributed by atoms with Crippen LogP contribution in [-0.2, 0) is 24.5 Å². The zero-order chi connectivity index (χ0) is 16.7. The Balaban J connectivity index is 2.14. The molecule has 0 atom stereocenters. The predicted molar refractivity (Wildman–Crippen MR) is 81.3 cm³/mol. The molecule has 4 nitrogen and oxygen atoms in total. The molecular formula is C18H16FeN2O2. The molecule has 2 rings (SSSR count). The Morgan fingerprint density at radius 2 is 1.35 bits per heavy atom. The van der Waals surface area contributed by atoms with Gasteiger partial charge in [0.2, 0.25) is 0 Å². The van der Waals surface area contributed by atoms with Crippen LogP contribution in [0.25, 0.3) is 0 Å². The van der Waals surface area contributed by atoms with Crippen LogP contribution >= 0.6 is 0 Å². The number of hydrogen-bond acceptors (Lipinski definition) is 4. The molecule has 0 N–H and O–H groups in total. The summed E-state index contributed by atoms with van der Waals surface area (Å²) < 4.78 is 2.05. The third-order valence-electron chi connectivity index (χ3n) is 3.47. The van der Waals surface area contributed by atoms with Gasteiger partial charge in [0.05, 0.1) is 0 Å². The van der Waals surface area contributed by atoms with E-state index < -0.39 is 0 Å². The molecule has 0 unspecified atom stereocenters. The Hall–Kier alpha value is -2.20. The fourth-order valence-corrected chi connectivity index (χ4v) is 4.01. The maximum atomic E-state index is 12.2. The quantitative estimate of drug-likeness (QED) is 0.631. The zero-order valence-corrected chi connectivity index (χ0v) is 13.7. The van der Waals surface area contributed by atoms with Crippen molar-refractivity contribution in [1.82, 2.24) is 0 Å². The Labute approximate surface area is 142 Å². The van der Waals surface area contributed by atoms with Crippen molar-refractivity contribution < 1.29 is 24.5 Å². The third-order valence-corrected chi connectivity index (χ3v) is 5.18. The molecule has 0 spiro atoms. The van der Waals surface area contributed by atoms with Gasteiger partial charge in [-0.1, -0.05) is 0 Å². The van der Waals surface area contributed by atoms with Crippen LogP contribution in [0, 0.1) is 22.7 Å². The van der Waals surface area contributed by atoms with Crippen molar-refractivity contribution in [3.8, 4) is 12.1 Å². The first-order chi connectivity index (χ1) is 11.2. The summed E-state index contributed by atoms with van der Waals surface area (Å²) in [6.07, 6.45) is 9.94. The van der Waals surface area contributed by atoms with Crippen LogP contribution < -0.4 is 0 Å². The van der Waals surface area contributed by atoms with Crippen molar-refractivity contribution in [1.29, 1.82) is 10.5 Å². The molecule has 23 heavy (non-hydrogen) atoms. The normalized spacial score (nSPS) is 16.1. The summed E-state index contributed by atoms with van der Waals surface area (Å²) in [4.78, 5) is 24.3. The van der Waals surface area contributed by atoms with Crippen LogP contribution in [0.4, 0.5) is 0 Å². The van der Waals surface area contributed by atoms with Crippen LogP contribution in [-0.4, -0.2) is 11.6 Å². The fraction of sp³-hybridized carbons (Fsp3) is 0.333. The van der Waals surface area contributed by atoms with Crippen molar-refractivity contribution in [2.75, 3.05) is 0 Å². The van der Waals surface area contributed by atoms with E-state index in [2.05, 4.69) is 0 Å². The van der Waals surface area contributed by atoms with E-state index in [0.29, 0.717) is 26.1 Å². The molecule has 118 valence electrons. The van der Waals surface area contributed by atoms with Crippen molar-refractivity contribution in [2.45, 2.75) is 38.5 Å². The molecule has 5 heteroatoms. The van der Waals surface area contributed by atoms with Crippen molar-refractivity contribution in [2.24, 2.45) is 0 Å². The number of hydrogen-bond donors (Lipinski definition) is 0. The molecule has 0 heterocycles. The van der Waals surface area contributed by atoms with Crippen molar-refractivity contribution in [3.63, 3.8) is 0 Å². The zero-order valence-electron chi connectivity index (χ0n) is 12.6. The van der Waals surface area contributed by atoms with Crippen LogP contribution in [0.2, 0.25) is 0 Å². The molecule has 2 aliphatic rings. The minimum atomic E-state index is -0.000729. The van der Waals surface area contributed by atoms with Crippen LogP contribution in [0.1, 0.15) is 38.5 Å². The summed E-state index contributed by atoms with van der Waals surface area (Å²) >= 11 is 0.612. The van der Waals surface area contributed by atoms with Crippen LogP contribution in [0.5, 0.6) is 0 Å². The van der Waals surface area contributed by atoms with Gasteiger partial charge in [0.25, 0.3) is 0 Å². The van der Waals surface area contributed by atoms with E-state index in [1.165, 1.54) is 0 Å². The molecule has 0 aromatic carbocycles. The monoisotopic (exact) mass is 348 g/mol. The van der Waals surface area contributed by atoms with E-state index in [1.807, 2.05) is 36.4 Å². The molecule has 0 fully saturated rings. The summed E-state index contributed by atoms with van der Waals surface area (Å²) in [5, 5.41) is 17.2. The molecule has 0 aromatic rings. The second kappa shape index (κ2) is 8.44. The van der Waals surface area contributed by atoms with Crippen molar-refractivity contribution >= 4 is 11.6 Å². The standard InChI is InChI=1S/2C9H8NO.Fe/c2*10-7-3-6-9(11)8-4-1-2-5-8;/h2*1,4H,2-3,6H2;. The average molecular weight is 348 g/mol. The Kier molecular flexibility index (Phi) is 6.29. The minimum absolute atomic E-state index is 0.000729. The molecule has 0 aromatic heterocycles. The summed E-state index contributed by atoms with van der Waals surface area (Å²) in [5.41, 5.74) is 1.40. The molecule has 0 aliphatic heterocycles. The summed E-state index contributed by atoms with van der Waals surface area (Å²) in [7, 11) is 0. The van der Waals surface area contributed by atoms with E-state index in [1.54, 1.807) is 0 Å². The second-order valence-corrected chi connectivity index (χ2v) is 6.68. The van der Waals surface area contributed by atoms with Crippen LogP contribution in [0.3, 0.4) is 0 Å². The van der Waals surface area contributed by atoms with Gasteiger partial charge < -0.3 is 0 Å².